The van der Waals surface area contributed by atoms with Gasteiger partial charge < -0.3 is 4.74 Å². The Hall–Kier alpha value is -0.530. The molecule has 2 heteroatoms. The summed E-state index contributed by atoms with van der Waals surface area (Å²) in [5.74, 6) is 0.302. The van der Waals surface area contributed by atoms with Crippen LogP contribution in [0, 0.1) is 12.8 Å². The molecule has 0 aromatic heterocycles. The second-order valence-corrected chi connectivity index (χ2v) is 3.03. The summed E-state index contributed by atoms with van der Waals surface area (Å²) in [6.07, 6.45) is 2.22. The highest BCUT2D eigenvalue weighted by atomic mass is 16.5. The molecule has 0 aromatic carbocycles. The number of hydrogen-bond acceptors (Lipinski definition) is 2. The molecular weight excluding hydrogens is 140 g/mol. The molecule has 0 atom stereocenters. The van der Waals surface area contributed by atoms with E-state index in [9.17, 15) is 4.79 Å². The highest BCUT2D eigenvalue weighted by Crippen LogP contribution is 2.01. The number of esters is 1. The maximum Gasteiger partial charge on any atom is 0.306 e. The largest absolute Gasteiger partial charge is 0.466 e. The Morgan fingerprint density at radius 3 is 2.64 bits per heavy atom. The van der Waals surface area contributed by atoms with Crippen LogP contribution in [0.25, 0.3) is 0 Å². The lowest BCUT2D eigenvalue weighted by Crippen LogP contribution is -2.08. The monoisotopic (exact) mass is 157 g/mol. The normalized spacial score (nSPS) is 10.2. The first-order valence-corrected chi connectivity index (χ1v) is 4.11. The maximum absolute atomic E-state index is 10.9. The van der Waals surface area contributed by atoms with Crippen molar-refractivity contribution in [3.8, 4) is 0 Å². The molecule has 0 aliphatic carbocycles. The molecule has 65 valence electrons. The topological polar surface area (TPSA) is 26.3 Å². The Morgan fingerprint density at radius 2 is 2.18 bits per heavy atom. The van der Waals surface area contributed by atoms with E-state index < -0.39 is 0 Å². The van der Waals surface area contributed by atoms with E-state index in [0.717, 1.165) is 12.8 Å². The fraction of sp³-hybridized carbons (Fsp3) is 0.778. The highest BCUT2D eigenvalue weighted by Gasteiger charge is 2.04. The molecule has 0 spiro atoms. The Balaban J connectivity index is 3.23. The molecule has 1 radical (unpaired) electrons. The number of ether oxygens (including phenoxy) is 1. The van der Waals surface area contributed by atoms with E-state index in [1.54, 1.807) is 0 Å². The lowest BCUT2D eigenvalue weighted by atomic mass is 10.1. The first kappa shape index (κ1) is 10.5. The molecule has 0 aliphatic rings. The van der Waals surface area contributed by atoms with Gasteiger partial charge in [-0.1, -0.05) is 27.2 Å². The van der Waals surface area contributed by atoms with Crippen LogP contribution in [-0.2, 0) is 9.53 Å². The summed E-state index contributed by atoms with van der Waals surface area (Å²) in [4.78, 5) is 10.9. The van der Waals surface area contributed by atoms with E-state index in [-0.39, 0.29) is 5.97 Å². The average Bonchev–Trinajstić information content (AvgIpc) is 1.86. The van der Waals surface area contributed by atoms with Crippen LogP contribution in [0.5, 0.6) is 0 Å². The third-order valence-corrected chi connectivity index (χ3v) is 1.23. The fourth-order valence-corrected chi connectivity index (χ4v) is 0.680. The molecule has 0 bridgehead atoms. The van der Waals surface area contributed by atoms with Crippen molar-refractivity contribution < 1.29 is 9.53 Å². The highest BCUT2D eigenvalue weighted by molar-refractivity contribution is 5.69. The van der Waals surface area contributed by atoms with Gasteiger partial charge in [-0.05, 0) is 12.3 Å². The first-order chi connectivity index (χ1) is 5.16. The first-order valence-electron chi connectivity index (χ1n) is 4.11. The molecule has 0 saturated carbocycles. The number of carbonyl (C=O) groups is 1. The van der Waals surface area contributed by atoms with E-state index in [4.69, 9.17) is 4.74 Å². The van der Waals surface area contributed by atoms with Gasteiger partial charge in [-0.25, -0.2) is 0 Å². The van der Waals surface area contributed by atoms with Gasteiger partial charge in [0.2, 0.25) is 0 Å². The molecule has 0 aromatic rings. The second kappa shape index (κ2) is 6.20. The van der Waals surface area contributed by atoms with Crippen molar-refractivity contribution in [1.29, 1.82) is 0 Å². The number of carbonyl (C=O) groups excluding carboxylic acids is 1. The molecule has 0 saturated heterocycles. The van der Waals surface area contributed by atoms with Gasteiger partial charge in [0.25, 0.3) is 0 Å². The van der Waals surface area contributed by atoms with Crippen LogP contribution < -0.4 is 0 Å². The molecule has 0 rings (SSSR count). The van der Waals surface area contributed by atoms with Crippen LogP contribution in [0.2, 0.25) is 0 Å². The Bertz CT molecular complexity index is 108. The quantitative estimate of drug-likeness (QED) is 0.451. The van der Waals surface area contributed by atoms with Gasteiger partial charge >= 0.3 is 5.97 Å². The predicted octanol–water partition coefficient (Wildman–Crippen LogP) is 2.19. The Kier molecular flexibility index (Phi) is 5.90. The van der Waals surface area contributed by atoms with Crippen LogP contribution in [0.15, 0.2) is 0 Å². The molecule has 0 heterocycles. The summed E-state index contributed by atoms with van der Waals surface area (Å²) < 4.78 is 4.91. The molecular formula is C9H17O2. The van der Waals surface area contributed by atoms with E-state index >= 15 is 0 Å². The van der Waals surface area contributed by atoms with Gasteiger partial charge in [-0.3, -0.25) is 4.79 Å². The Morgan fingerprint density at radius 1 is 1.55 bits per heavy atom. The van der Waals surface area contributed by atoms with Crippen molar-refractivity contribution in [2.24, 2.45) is 5.92 Å². The van der Waals surface area contributed by atoms with Crippen LogP contribution in [0.3, 0.4) is 0 Å². The molecule has 0 N–H and O–H groups in total. The van der Waals surface area contributed by atoms with Crippen LogP contribution >= 0.6 is 0 Å². The van der Waals surface area contributed by atoms with Gasteiger partial charge in [0.15, 0.2) is 0 Å². The van der Waals surface area contributed by atoms with Crippen molar-refractivity contribution in [1.82, 2.24) is 0 Å². The summed E-state index contributed by atoms with van der Waals surface area (Å²) in [7, 11) is 0. The smallest absolute Gasteiger partial charge is 0.306 e. The third kappa shape index (κ3) is 7.37. The number of rotatable bonds is 5. The molecule has 2 nitrogen and oxygen atoms in total. The minimum absolute atomic E-state index is 0.0894. The Labute approximate surface area is 68.9 Å². The minimum Gasteiger partial charge on any atom is -0.466 e. The lowest BCUT2D eigenvalue weighted by Gasteiger charge is -2.04. The van der Waals surface area contributed by atoms with E-state index in [2.05, 4.69) is 6.92 Å². The van der Waals surface area contributed by atoms with Crippen LogP contribution in [-0.4, -0.2) is 12.6 Å². The van der Waals surface area contributed by atoms with Gasteiger partial charge in [0.1, 0.15) is 0 Å². The maximum atomic E-state index is 10.9. The summed E-state index contributed by atoms with van der Waals surface area (Å²) in [5, 5.41) is 0. The summed E-state index contributed by atoms with van der Waals surface area (Å²) in [6.45, 7) is 8.18. The zero-order chi connectivity index (χ0) is 8.69. The van der Waals surface area contributed by atoms with Crippen LogP contribution in [0.4, 0.5) is 0 Å². The molecule has 11 heavy (non-hydrogen) atoms. The summed E-state index contributed by atoms with van der Waals surface area (Å²) in [5.41, 5.74) is 0. The van der Waals surface area contributed by atoms with Gasteiger partial charge in [0, 0.05) is 6.42 Å². The number of unbranched alkanes of at least 4 members (excludes halogenated alkanes) is 1. The third-order valence-electron chi connectivity index (χ3n) is 1.23. The van der Waals surface area contributed by atoms with Crippen molar-refractivity contribution >= 4 is 5.97 Å². The summed E-state index contributed by atoms with van der Waals surface area (Å²) >= 11 is 0. The van der Waals surface area contributed by atoms with Crippen LogP contribution in [0.1, 0.15) is 33.1 Å². The molecule has 0 fully saturated rings. The fourth-order valence-electron chi connectivity index (χ4n) is 0.680. The van der Waals surface area contributed by atoms with E-state index in [1.165, 1.54) is 0 Å². The molecule has 0 unspecified atom stereocenters. The van der Waals surface area contributed by atoms with Gasteiger partial charge in [-0.2, -0.15) is 0 Å². The number of hydrogen-bond donors (Lipinski definition) is 0. The van der Waals surface area contributed by atoms with Gasteiger partial charge in [-0.15, -0.1) is 0 Å². The standard InChI is InChI=1S/C9H17O2/c1-4-5-6-11-9(10)7-8(2)3/h8H,1,4-7H2,2-3H3. The van der Waals surface area contributed by atoms with E-state index in [1.807, 2.05) is 13.8 Å². The van der Waals surface area contributed by atoms with Crippen molar-refractivity contribution in [2.45, 2.75) is 33.1 Å². The average molecular weight is 157 g/mol. The second-order valence-electron chi connectivity index (χ2n) is 3.03. The van der Waals surface area contributed by atoms with E-state index in [0.29, 0.717) is 18.9 Å². The van der Waals surface area contributed by atoms with Crippen molar-refractivity contribution in [3.63, 3.8) is 0 Å². The lowest BCUT2D eigenvalue weighted by molar-refractivity contribution is -0.144. The van der Waals surface area contributed by atoms with Crippen molar-refractivity contribution in [3.05, 3.63) is 6.92 Å². The van der Waals surface area contributed by atoms with Crippen molar-refractivity contribution in [2.75, 3.05) is 6.61 Å². The SMILES string of the molecule is [CH2]CCCOC(=O)CC(C)C. The predicted molar refractivity (Wildman–Crippen MR) is 45.0 cm³/mol. The molecule has 0 amide bonds. The minimum atomic E-state index is -0.0894. The zero-order valence-corrected chi connectivity index (χ0v) is 7.43. The zero-order valence-electron chi connectivity index (χ0n) is 7.43. The summed E-state index contributed by atoms with van der Waals surface area (Å²) in [6, 6.07) is 0. The molecule has 0 aliphatic heterocycles. The van der Waals surface area contributed by atoms with Gasteiger partial charge in [0.05, 0.1) is 6.61 Å².